The summed E-state index contributed by atoms with van der Waals surface area (Å²) in [7, 11) is 0. The minimum Gasteiger partial charge on any atom is -0.490 e. The van der Waals surface area contributed by atoms with Gasteiger partial charge in [-0.2, -0.15) is 0 Å². The highest BCUT2D eigenvalue weighted by Crippen LogP contribution is 2.53. The number of para-hydroxylation sites is 1. The quantitative estimate of drug-likeness (QED) is 0.0659. The van der Waals surface area contributed by atoms with Crippen LogP contribution in [-0.4, -0.2) is 109 Å². The van der Waals surface area contributed by atoms with E-state index in [1.54, 1.807) is 11.8 Å². The van der Waals surface area contributed by atoms with E-state index >= 15 is 0 Å². The number of aryl methyl sites for hydroxylation is 1. The highest BCUT2D eigenvalue weighted by molar-refractivity contribution is 7.99. The minimum atomic E-state index is -1.96. The van der Waals surface area contributed by atoms with Gasteiger partial charge in [0.1, 0.15) is 24.1 Å². The number of aromatic nitrogens is 1. The lowest BCUT2D eigenvalue weighted by molar-refractivity contribution is -0.158. The lowest BCUT2D eigenvalue weighted by atomic mass is 9.96. The first-order valence-electron chi connectivity index (χ1n) is 18.0. The van der Waals surface area contributed by atoms with Crippen molar-refractivity contribution in [3.05, 3.63) is 77.6 Å². The number of hydrogen-bond donors (Lipinski definition) is 6. The number of rotatable bonds is 22. The molecule has 3 aromatic rings. The zero-order chi connectivity index (χ0) is 36.4. The maximum Gasteiger partial charge on any atom is 0.254 e. The Bertz CT molecular complexity index is 1570. The number of aliphatic hydroxyl groups is 6. The predicted molar refractivity (Wildman–Crippen MR) is 194 cm³/mol. The second kappa shape index (κ2) is 18.6. The summed E-state index contributed by atoms with van der Waals surface area (Å²) in [5, 5.41) is 58.5. The number of nitrogens with zero attached hydrogens (tertiary/aromatic N) is 2. The number of unbranched alkanes of at least 4 members (excludes halogenated alkanes) is 2. The summed E-state index contributed by atoms with van der Waals surface area (Å²) >= 11 is 1.71. The first-order valence-corrected chi connectivity index (χ1v) is 19.0. The number of benzene rings is 2. The van der Waals surface area contributed by atoms with Crippen LogP contribution in [-0.2, 0) is 21.7 Å². The topological polar surface area (TPSA) is 173 Å². The van der Waals surface area contributed by atoms with Crippen LogP contribution in [0.2, 0.25) is 0 Å². The first-order chi connectivity index (χ1) is 24.7. The Hall–Kier alpha value is -3.07. The highest BCUT2D eigenvalue weighted by Gasteiger charge is 2.48. The lowest BCUT2D eigenvalue weighted by Crippen LogP contribution is -2.53. The average molecular weight is 725 g/mol. The molecule has 2 aliphatic rings. The van der Waals surface area contributed by atoms with Crippen molar-refractivity contribution in [2.75, 3.05) is 32.1 Å². The van der Waals surface area contributed by atoms with E-state index in [-0.39, 0.29) is 13.2 Å². The van der Waals surface area contributed by atoms with Crippen LogP contribution in [0.15, 0.2) is 65.8 Å². The molecule has 6 N–H and O–H groups in total. The van der Waals surface area contributed by atoms with E-state index in [9.17, 15) is 30.3 Å². The molecular formula is C39H52N2O9S. The van der Waals surface area contributed by atoms with Gasteiger partial charge in [-0.25, -0.2) is 0 Å². The number of hydrogen-bond acceptors (Lipinski definition) is 11. The third-order valence-electron chi connectivity index (χ3n) is 9.58. The van der Waals surface area contributed by atoms with Crippen molar-refractivity contribution in [1.29, 1.82) is 0 Å². The zero-order valence-corrected chi connectivity index (χ0v) is 30.1. The van der Waals surface area contributed by atoms with Crippen LogP contribution < -0.4 is 4.74 Å². The molecule has 4 unspecified atom stereocenters. The van der Waals surface area contributed by atoms with E-state index in [1.165, 1.54) is 4.90 Å². The minimum absolute atomic E-state index is 0.0371. The van der Waals surface area contributed by atoms with Gasteiger partial charge in [0.15, 0.2) is 6.10 Å². The van der Waals surface area contributed by atoms with Crippen molar-refractivity contribution in [2.24, 2.45) is 0 Å². The lowest BCUT2D eigenvalue weighted by Gasteiger charge is -2.30. The fraction of sp³-hybridized carbons (Fsp3) is 0.538. The van der Waals surface area contributed by atoms with Crippen molar-refractivity contribution >= 4 is 17.7 Å². The molecule has 0 saturated heterocycles. The van der Waals surface area contributed by atoms with Gasteiger partial charge in [0, 0.05) is 48.1 Å². The standard InChI is InChI=1S/C39H52N2O9S/c1-26-10-13-29(51-21-7-5-19-41(18-4-6-20-42)38(48)37(47)36(46)35(45)33(44)24-43)22-27(26)25-49-39(15-16-39)32-23-40-17-14-30(32)31-8-2-3-9-34(31)50-28-11-12-28/h2-3,8-10,13-14,17,22-23,28,33,35-37,42-47H,4-7,11-12,15-16,18-21,24-25H2,1H3. The van der Waals surface area contributed by atoms with Gasteiger partial charge in [0.05, 0.1) is 24.9 Å². The number of aliphatic hydroxyl groups excluding tert-OH is 6. The monoisotopic (exact) mass is 724 g/mol. The average Bonchev–Trinajstić information content (AvgIpc) is 4.10. The molecule has 5 rings (SSSR count). The Balaban J connectivity index is 1.15. The van der Waals surface area contributed by atoms with Crippen molar-refractivity contribution < 1.29 is 44.9 Å². The third-order valence-corrected chi connectivity index (χ3v) is 10.7. The number of pyridine rings is 1. The van der Waals surface area contributed by atoms with E-state index < -0.39 is 42.5 Å². The second-order valence-corrected chi connectivity index (χ2v) is 14.8. The van der Waals surface area contributed by atoms with Gasteiger partial charge in [0.2, 0.25) is 0 Å². The molecule has 1 heterocycles. The molecule has 278 valence electrons. The van der Waals surface area contributed by atoms with E-state index in [2.05, 4.69) is 42.2 Å². The maximum absolute atomic E-state index is 13.0. The summed E-state index contributed by atoms with van der Waals surface area (Å²) < 4.78 is 13.0. The summed E-state index contributed by atoms with van der Waals surface area (Å²) in [6.45, 7) is 2.27. The molecule has 0 radical (unpaired) electrons. The first kappa shape index (κ1) is 39.1. The summed E-state index contributed by atoms with van der Waals surface area (Å²) in [5.41, 5.74) is 5.12. The van der Waals surface area contributed by atoms with Crippen LogP contribution in [0.1, 0.15) is 68.1 Å². The fourth-order valence-corrected chi connectivity index (χ4v) is 7.03. The van der Waals surface area contributed by atoms with Crippen LogP contribution >= 0.6 is 11.8 Å². The zero-order valence-electron chi connectivity index (χ0n) is 29.3. The van der Waals surface area contributed by atoms with E-state index in [0.717, 1.165) is 76.3 Å². The number of carbonyl (C=O) groups is 1. The number of carbonyl (C=O) groups excluding carboxylic acids is 1. The van der Waals surface area contributed by atoms with Crippen LogP contribution in [0.25, 0.3) is 11.1 Å². The molecule has 0 spiro atoms. The second-order valence-electron chi connectivity index (χ2n) is 13.6. The molecule has 11 nitrogen and oxygen atoms in total. The Morgan fingerprint density at radius 3 is 2.41 bits per heavy atom. The molecule has 2 fully saturated rings. The Morgan fingerprint density at radius 2 is 1.71 bits per heavy atom. The molecule has 2 aromatic carbocycles. The molecule has 1 aromatic heterocycles. The highest BCUT2D eigenvalue weighted by atomic mass is 32.2. The SMILES string of the molecule is Cc1ccc(SCCCCN(CCCCO)C(=O)C(O)C(O)C(O)C(O)CO)cc1COC1(c2cnccc2-c2ccccc2OC2CC2)CC1. The smallest absolute Gasteiger partial charge is 0.254 e. The molecular weight excluding hydrogens is 673 g/mol. The van der Waals surface area contributed by atoms with Crippen molar-refractivity contribution in [1.82, 2.24) is 9.88 Å². The van der Waals surface area contributed by atoms with Crippen LogP contribution in [0.4, 0.5) is 0 Å². The van der Waals surface area contributed by atoms with Crippen molar-refractivity contribution in [3.8, 4) is 16.9 Å². The van der Waals surface area contributed by atoms with E-state index in [1.807, 2.05) is 30.6 Å². The summed E-state index contributed by atoms with van der Waals surface area (Å²) in [4.78, 5) is 20.0. The number of thioether (sulfide) groups is 1. The van der Waals surface area contributed by atoms with E-state index in [4.69, 9.17) is 14.6 Å². The fourth-order valence-electron chi connectivity index (χ4n) is 6.06. The molecule has 51 heavy (non-hydrogen) atoms. The van der Waals surface area contributed by atoms with Gasteiger partial charge in [-0.15, -0.1) is 11.8 Å². The normalized spacial score (nSPS) is 17.4. The van der Waals surface area contributed by atoms with Gasteiger partial charge in [-0.05, 0) is 105 Å². The van der Waals surface area contributed by atoms with Crippen LogP contribution in [0.3, 0.4) is 0 Å². The van der Waals surface area contributed by atoms with Crippen LogP contribution in [0.5, 0.6) is 5.75 Å². The van der Waals surface area contributed by atoms with Gasteiger partial charge >= 0.3 is 0 Å². The van der Waals surface area contributed by atoms with Gasteiger partial charge in [0.25, 0.3) is 5.91 Å². The molecule has 0 aliphatic heterocycles. The molecule has 0 bridgehead atoms. The molecule has 2 saturated carbocycles. The van der Waals surface area contributed by atoms with Crippen LogP contribution in [0, 0.1) is 6.92 Å². The van der Waals surface area contributed by atoms with E-state index in [0.29, 0.717) is 38.5 Å². The largest absolute Gasteiger partial charge is 0.490 e. The summed E-state index contributed by atoms with van der Waals surface area (Å²) in [5.74, 6) is 0.916. The number of ether oxygens (including phenoxy) is 2. The van der Waals surface area contributed by atoms with Gasteiger partial charge in [-0.3, -0.25) is 9.78 Å². The predicted octanol–water partition coefficient (Wildman–Crippen LogP) is 3.71. The van der Waals surface area contributed by atoms with Gasteiger partial charge in [-0.1, -0.05) is 24.3 Å². The molecule has 12 heteroatoms. The summed E-state index contributed by atoms with van der Waals surface area (Å²) in [6, 6.07) is 16.6. The Kier molecular flexibility index (Phi) is 14.3. The Labute approximate surface area is 304 Å². The maximum atomic E-state index is 13.0. The van der Waals surface area contributed by atoms with Gasteiger partial charge < -0.3 is 45.0 Å². The number of amides is 1. The third kappa shape index (κ3) is 10.5. The van der Waals surface area contributed by atoms with Crippen molar-refractivity contribution in [2.45, 2.75) is 106 Å². The molecule has 2 aliphatic carbocycles. The molecule has 1 amide bonds. The Morgan fingerprint density at radius 1 is 0.961 bits per heavy atom. The van der Waals surface area contributed by atoms with Crippen molar-refractivity contribution in [3.63, 3.8) is 0 Å². The molecule has 4 atom stereocenters. The summed E-state index contributed by atoms with van der Waals surface area (Å²) in [6.07, 6.45) is 2.97.